The molecule has 2 N–H and O–H groups in total. The van der Waals surface area contributed by atoms with E-state index in [0.29, 0.717) is 6.42 Å². The fourth-order valence-corrected chi connectivity index (χ4v) is 1.38. The van der Waals surface area contributed by atoms with E-state index in [1.54, 1.807) is 6.07 Å². The van der Waals surface area contributed by atoms with E-state index in [4.69, 9.17) is 5.73 Å². The lowest BCUT2D eigenvalue weighted by Crippen LogP contribution is -2.25. The van der Waals surface area contributed by atoms with Gasteiger partial charge in [0.05, 0.1) is 4.92 Å². The number of hydrogen-bond donors (Lipinski definition) is 1. The molecule has 2 unspecified atom stereocenters. The third-order valence-corrected chi connectivity index (χ3v) is 2.66. The maximum atomic E-state index is 13.3. The molecule has 2 atom stereocenters. The number of halogens is 1. The van der Waals surface area contributed by atoms with Crippen molar-refractivity contribution in [2.45, 2.75) is 26.3 Å². The molecule has 0 saturated heterocycles. The van der Waals surface area contributed by atoms with Gasteiger partial charge in [0, 0.05) is 12.1 Å². The van der Waals surface area contributed by atoms with Crippen LogP contribution in [0.5, 0.6) is 0 Å². The van der Waals surface area contributed by atoms with E-state index in [1.165, 1.54) is 12.1 Å². The molecular weight excluding hydrogens is 211 g/mol. The van der Waals surface area contributed by atoms with Crippen molar-refractivity contribution in [3.63, 3.8) is 0 Å². The van der Waals surface area contributed by atoms with Crippen LogP contribution in [0, 0.1) is 21.8 Å². The molecule has 1 aromatic rings. The van der Waals surface area contributed by atoms with Crippen molar-refractivity contribution in [2.24, 2.45) is 11.7 Å². The first-order valence-electron chi connectivity index (χ1n) is 5.10. The molecule has 0 bridgehead atoms. The molecule has 0 radical (unpaired) electrons. The number of nitrogens with two attached hydrogens (primary N) is 1. The predicted molar refractivity (Wildman–Crippen MR) is 59.6 cm³/mol. The number of nitro benzene ring substituents is 1. The standard InChI is InChI=1S/C11H15FN2O2/c1-7(8(2)13)5-9-3-4-11(14(15)16)10(12)6-9/h3-4,6-8H,5,13H2,1-2H3. The van der Waals surface area contributed by atoms with Gasteiger partial charge in [0.2, 0.25) is 5.82 Å². The molecule has 0 aliphatic heterocycles. The molecule has 0 amide bonds. The monoisotopic (exact) mass is 226 g/mol. The molecule has 0 aliphatic rings. The van der Waals surface area contributed by atoms with Crippen LogP contribution in [0.1, 0.15) is 19.4 Å². The minimum absolute atomic E-state index is 0.0123. The fourth-order valence-electron chi connectivity index (χ4n) is 1.38. The van der Waals surface area contributed by atoms with E-state index >= 15 is 0 Å². The number of nitro groups is 1. The van der Waals surface area contributed by atoms with Crippen molar-refractivity contribution in [2.75, 3.05) is 0 Å². The van der Waals surface area contributed by atoms with Gasteiger partial charge in [0.1, 0.15) is 0 Å². The summed E-state index contributed by atoms with van der Waals surface area (Å²) in [6, 6.07) is 3.98. The highest BCUT2D eigenvalue weighted by atomic mass is 19.1. The van der Waals surface area contributed by atoms with E-state index in [-0.39, 0.29) is 12.0 Å². The molecule has 0 spiro atoms. The van der Waals surface area contributed by atoms with Crippen LogP contribution in [0.2, 0.25) is 0 Å². The fraction of sp³-hybridized carbons (Fsp3) is 0.455. The van der Waals surface area contributed by atoms with Gasteiger partial charge in [0.15, 0.2) is 0 Å². The second kappa shape index (κ2) is 5.03. The van der Waals surface area contributed by atoms with Crippen molar-refractivity contribution in [3.05, 3.63) is 39.7 Å². The summed E-state index contributed by atoms with van der Waals surface area (Å²) in [7, 11) is 0. The predicted octanol–water partition coefficient (Wildman–Crippen LogP) is 2.26. The largest absolute Gasteiger partial charge is 0.328 e. The Hall–Kier alpha value is -1.49. The van der Waals surface area contributed by atoms with Crippen molar-refractivity contribution in [3.8, 4) is 0 Å². The molecule has 0 heterocycles. The quantitative estimate of drug-likeness (QED) is 0.632. The summed E-state index contributed by atoms with van der Waals surface area (Å²) in [5.74, 6) is -0.583. The third kappa shape index (κ3) is 3.00. The molecule has 88 valence electrons. The summed E-state index contributed by atoms with van der Waals surface area (Å²) >= 11 is 0. The van der Waals surface area contributed by atoms with E-state index in [1.807, 2.05) is 13.8 Å². The Balaban J connectivity index is 2.85. The summed E-state index contributed by atoms with van der Waals surface area (Å²) in [6.45, 7) is 3.84. The van der Waals surface area contributed by atoms with Gasteiger partial charge in [-0.1, -0.05) is 13.0 Å². The Morgan fingerprint density at radius 2 is 2.12 bits per heavy atom. The topological polar surface area (TPSA) is 69.2 Å². The molecule has 16 heavy (non-hydrogen) atoms. The van der Waals surface area contributed by atoms with Crippen LogP contribution in [0.25, 0.3) is 0 Å². The van der Waals surface area contributed by atoms with Crippen molar-refractivity contribution in [1.29, 1.82) is 0 Å². The first-order chi connectivity index (χ1) is 7.41. The van der Waals surface area contributed by atoms with Crippen LogP contribution in [-0.2, 0) is 6.42 Å². The average molecular weight is 226 g/mol. The average Bonchev–Trinajstić information content (AvgIpc) is 2.16. The number of nitrogens with zero attached hydrogens (tertiary/aromatic N) is 1. The van der Waals surface area contributed by atoms with Gasteiger partial charge in [-0.25, -0.2) is 0 Å². The highest BCUT2D eigenvalue weighted by Gasteiger charge is 2.15. The van der Waals surface area contributed by atoms with Gasteiger partial charge < -0.3 is 5.73 Å². The highest BCUT2D eigenvalue weighted by molar-refractivity contribution is 5.35. The van der Waals surface area contributed by atoms with Crippen molar-refractivity contribution >= 4 is 5.69 Å². The molecule has 0 saturated carbocycles. The zero-order valence-corrected chi connectivity index (χ0v) is 9.31. The first-order valence-corrected chi connectivity index (χ1v) is 5.10. The molecule has 4 nitrogen and oxygen atoms in total. The zero-order valence-electron chi connectivity index (χ0n) is 9.31. The Morgan fingerprint density at radius 1 is 1.50 bits per heavy atom. The van der Waals surface area contributed by atoms with Gasteiger partial charge in [-0.2, -0.15) is 4.39 Å². The highest BCUT2D eigenvalue weighted by Crippen LogP contribution is 2.20. The minimum atomic E-state index is -0.792. The second-order valence-electron chi connectivity index (χ2n) is 4.08. The third-order valence-electron chi connectivity index (χ3n) is 2.66. The number of hydrogen-bond acceptors (Lipinski definition) is 3. The molecule has 5 heteroatoms. The van der Waals surface area contributed by atoms with Crippen molar-refractivity contribution < 1.29 is 9.31 Å². The Kier molecular flexibility index (Phi) is 3.95. The van der Waals surface area contributed by atoms with Crippen LogP contribution in [0.15, 0.2) is 18.2 Å². The van der Waals surface area contributed by atoms with Crippen LogP contribution >= 0.6 is 0 Å². The van der Waals surface area contributed by atoms with Crippen molar-refractivity contribution in [1.82, 2.24) is 0 Å². The lowest BCUT2D eigenvalue weighted by Gasteiger charge is -2.15. The maximum absolute atomic E-state index is 13.3. The van der Waals surface area contributed by atoms with Crippen LogP contribution in [0.3, 0.4) is 0 Å². The first kappa shape index (κ1) is 12.6. The van der Waals surface area contributed by atoms with Gasteiger partial charge >= 0.3 is 5.69 Å². The molecule has 0 aliphatic carbocycles. The smallest absolute Gasteiger partial charge is 0.304 e. The lowest BCUT2D eigenvalue weighted by atomic mass is 9.95. The Morgan fingerprint density at radius 3 is 2.56 bits per heavy atom. The Labute approximate surface area is 93.4 Å². The number of benzene rings is 1. The summed E-state index contributed by atoms with van der Waals surface area (Å²) < 4.78 is 13.3. The molecule has 1 aromatic carbocycles. The van der Waals surface area contributed by atoms with Gasteiger partial charge in [-0.05, 0) is 30.9 Å². The SMILES string of the molecule is CC(N)C(C)Cc1ccc([N+](=O)[O-])c(F)c1. The molecule has 0 aromatic heterocycles. The van der Waals surface area contributed by atoms with Crippen LogP contribution in [0.4, 0.5) is 10.1 Å². The summed E-state index contributed by atoms with van der Waals surface area (Å²) in [5.41, 5.74) is 5.94. The van der Waals surface area contributed by atoms with Gasteiger partial charge in [-0.3, -0.25) is 10.1 Å². The minimum Gasteiger partial charge on any atom is -0.328 e. The van der Waals surface area contributed by atoms with Crippen LogP contribution in [-0.4, -0.2) is 11.0 Å². The molecule has 1 rings (SSSR count). The second-order valence-corrected chi connectivity index (χ2v) is 4.08. The van der Waals surface area contributed by atoms with Gasteiger partial charge in [0.25, 0.3) is 0 Å². The Bertz CT molecular complexity index is 394. The molecule has 0 fully saturated rings. The normalized spacial score (nSPS) is 14.5. The maximum Gasteiger partial charge on any atom is 0.304 e. The summed E-state index contributed by atoms with van der Waals surface area (Å²) in [6.07, 6.45) is 0.618. The van der Waals surface area contributed by atoms with Crippen LogP contribution < -0.4 is 5.73 Å². The number of rotatable bonds is 4. The van der Waals surface area contributed by atoms with E-state index < -0.39 is 16.4 Å². The summed E-state index contributed by atoms with van der Waals surface area (Å²) in [4.78, 5) is 9.68. The van der Waals surface area contributed by atoms with E-state index in [2.05, 4.69) is 0 Å². The van der Waals surface area contributed by atoms with Gasteiger partial charge in [-0.15, -0.1) is 0 Å². The van der Waals surface area contributed by atoms with E-state index in [0.717, 1.165) is 5.56 Å². The zero-order chi connectivity index (χ0) is 12.3. The lowest BCUT2D eigenvalue weighted by molar-refractivity contribution is -0.387. The van der Waals surface area contributed by atoms with E-state index in [9.17, 15) is 14.5 Å². The summed E-state index contributed by atoms with van der Waals surface area (Å²) in [5, 5.41) is 10.4. The molecular formula is C11H15FN2O2.